The highest BCUT2D eigenvalue weighted by Crippen LogP contribution is 2.31. The molecule has 2 aliphatic rings. The van der Waals surface area contributed by atoms with Crippen molar-refractivity contribution in [1.82, 2.24) is 5.32 Å². The molecule has 0 aromatic heterocycles. The second-order valence-electron chi connectivity index (χ2n) is 5.99. The Hall–Kier alpha value is -1.26. The van der Waals surface area contributed by atoms with Gasteiger partial charge in [0.15, 0.2) is 0 Å². The summed E-state index contributed by atoms with van der Waals surface area (Å²) in [6, 6.07) is 5.36. The standard InChI is InChI=1S/C16H18Cl2N2O2/c17-13-6-5-12(8-14(13)18)20-9-10(7-15(20)21)16(22)19-11-3-1-2-4-11/h5-6,8,10-11H,1-4,7,9H2,(H,19,22). The third-order valence-electron chi connectivity index (χ3n) is 4.41. The summed E-state index contributed by atoms with van der Waals surface area (Å²) >= 11 is 11.9. The molecule has 0 radical (unpaired) electrons. The molecule has 2 amide bonds. The van der Waals surface area contributed by atoms with E-state index < -0.39 is 0 Å². The second kappa shape index (κ2) is 6.47. The maximum absolute atomic E-state index is 12.3. The summed E-state index contributed by atoms with van der Waals surface area (Å²) in [7, 11) is 0. The molecular weight excluding hydrogens is 323 g/mol. The highest BCUT2D eigenvalue weighted by atomic mass is 35.5. The van der Waals surface area contributed by atoms with Crippen LogP contribution in [0.1, 0.15) is 32.1 Å². The number of anilines is 1. The van der Waals surface area contributed by atoms with E-state index in [1.54, 1.807) is 23.1 Å². The van der Waals surface area contributed by atoms with E-state index >= 15 is 0 Å². The molecule has 1 heterocycles. The number of halogens is 2. The predicted octanol–water partition coefficient (Wildman–Crippen LogP) is 3.41. The number of rotatable bonds is 3. The van der Waals surface area contributed by atoms with Gasteiger partial charge in [-0.1, -0.05) is 36.0 Å². The lowest BCUT2D eigenvalue weighted by Gasteiger charge is -2.18. The van der Waals surface area contributed by atoms with Crippen molar-refractivity contribution in [3.8, 4) is 0 Å². The Kier molecular flexibility index (Phi) is 4.59. The van der Waals surface area contributed by atoms with Gasteiger partial charge in [-0.05, 0) is 31.0 Å². The number of amides is 2. The highest BCUT2D eigenvalue weighted by molar-refractivity contribution is 6.42. The Morgan fingerprint density at radius 3 is 2.59 bits per heavy atom. The van der Waals surface area contributed by atoms with E-state index in [0.717, 1.165) is 12.8 Å². The normalized spacial score (nSPS) is 22.4. The quantitative estimate of drug-likeness (QED) is 0.916. The molecule has 1 saturated carbocycles. The first kappa shape index (κ1) is 15.6. The van der Waals surface area contributed by atoms with Crippen molar-refractivity contribution in [3.05, 3.63) is 28.2 Å². The Bertz CT molecular complexity index is 600. The van der Waals surface area contributed by atoms with Crippen LogP contribution in [0.15, 0.2) is 18.2 Å². The average Bonchev–Trinajstić information content (AvgIpc) is 3.11. The van der Waals surface area contributed by atoms with Gasteiger partial charge in [0.25, 0.3) is 0 Å². The third-order valence-corrected chi connectivity index (χ3v) is 5.15. The molecule has 1 unspecified atom stereocenters. The number of hydrogen-bond donors (Lipinski definition) is 1. The zero-order valence-electron chi connectivity index (χ0n) is 12.1. The second-order valence-corrected chi connectivity index (χ2v) is 6.81. The van der Waals surface area contributed by atoms with Gasteiger partial charge in [-0.15, -0.1) is 0 Å². The zero-order chi connectivity index (χ0) is 15.7. The van der Waals surface area contributed by atoms with Crippen LogP contribution < -0.4 is 10.2 Å². The van der Waals surface area contributed by atoms with Gasteiger partial charge in [0.2, 0.25) is 11.8 Å². The van der Waals surface area contributed by atoms with Crippen LogP contribution in [0.5, 0.6) is 0 Å². The van der Waals surface area contributed by atoms with Crippen LogP contribution in [-0.4, -0.2) is 24.4 Å². The summed E-state index contributed by atoms with van der Waals surface area (Å²) in [5.74, 6) is -0.352. The van der Waals surface area contributed by atoms with Crippen molar-refractivity contribution in [2.75, 3.05) is 11.4 Å². The fourth-order valence-corrected chi connectivity index (χ4v) is 3.47. The van der Waals surface area contributed by atoms with Crippen LogP contribution in [-0.2, 0) is 9.59 Å². The Morgan fingerprint density at radius 2 is 1.91 bits per heavy atom. The number of nitrogens with one attached hydrogen (secondary N) is 1. The van der Waals surface area contributed by atoms with E-state index in [2.05, 4.69) is 5.32 Å². The summed E-state index contributed by atoms with van der Waals surface area (Å²) < 4.78 is 0. The smallest absolute Gasteiger partial charge is 0.227 e. The van der Waals surface area contributed by atoms with E-state index in [4.69, 9.17) is 23.2 Å². The summed E-state index contributed by atoms with van der Waals surface area (Å²) in [6.45, 7) is 0.398. The lowest BCUT2D eigenvalue weighted by Crippen LogP contribution is -2.38. The Labute approximate surface area is 139 Å². The van der Waals surface area contributed by atoms with E-state index in [9.17, 15) is 9.59 Å². The van der Waals surface area contributed by atoms with Crippen LogP contribution in [0, 0.1) is 5.92 Å². The number of carbonyl (C=O) groups is 2. The number of carbonyl (C=O) groups excluding carboxylic acids is 2. The number of hydrogen-bond acceptors (Lipinski definition) is 2. The molecule has 6 heteroatoms. The maximum Gasteiger partial charge on any atom is 0.227 e. The Balaban J connectivity index is 1.67. The number of benzene rings is 1. The minimum atomic E-state index is -0.289. The maximum atomic E-state index is 12.3. The molecule has 2 fully saturated rings. The van der Waals surface area contributed by atoms with Gasteiger partial charge in [0, 0.05) is 24.7 Å². The van der Waals surface area contributed by atoms with Gasteiger partial charge >= 0.3 is 0 Å². The summed E-state index contributed by atoms with van der Waals surface area (Å²) in [4.78, 5) is 26.1. The van der Waals surface area contributed by atoms with Gasteiger partial charge in [-0.25, -0.2) is 0 Å². The fourth-order valence-electron chi connectivity index (χ4n) is 3.17. The van der Waals surface area contributed by atoms with E-state index in [1.165, 1.54) is 12.8 Å². The molecule has 1 aromatic rings. The van der Waals surface area contributed by atoms with Crippen molar-refractivity contribution in [1.29, 1.82) is 0 Å². The summed E-state index contributed by atoms with van der Waals surface area (Å²) in [6.07, 6.45) is 4.68. The van der Waals surface area contributed by atoms with Crippen molar-refractivity contribution in [2.45, 2.75) is 38.1 Å². The number of nitrogens with zero attached hydrogens (tertiary/aromatic N) is 1. The molecule has 4 nitrogen and oxygen atoms in total. The van der Waals surface area contributed by atoms with Crippen LogP contribution in [0.3, 0.4) is 0 Å². The first-order chi connectivity index (χ1) is 10.5. The molecule has 118 valence electrons. The first-order valence-electron chi connectivity index (χ1n) is 7.60. The summed E-state index contributed by atoms with van der Waals surface area (Å²) in [5.41, 5.74) is 0.690. The topological polar surface area (TPSA) is 49.4 Å². The molecular formula is C16H18Cl2N2O2. The van der Waals surface area contributed by atoms with Crippen molar-refractivity contribution >= 4 is 40.7 Å². The van der Waals surface area contributed by atoms with E-state index in [-0.39, 0.29) is 30.2 Å². The molecule has 1 atom stereocenters. The van der Waals surface area contributed by atoms with Crippen LogP contribution in [0.25, 0.3) is 0 Å². The average molecular weight is 341 g/mol. The molecule has 0 spiro atoms. The lowest BCUT2D eigenvalue weighted by atomic mass is 10.1. The molecule has 1 aliphatic heterocycles. The van der Waals surface area contributed by atoms with Gasteiger partial charge < -0.3 is 10.2 Å². The van der Waals surface area contributed by atoms with Crippen molar-refractivity contribution < 1.29 is 9.59 Å². The molecule has 22 heavy (non-hydrogen) atoms. The van der Waals surface area contributed by atoms with E-state index in [1.807, 2.05) is 0 Å². The van der Waals surface area contributed by atoms with Crippen LogP contribution >= 0.6 is 23.2 Å². The monoisotopic (exact) mass is 340 g/mol. The van der Waals surface area contributed by atoms with Gasteiger partial charge in [-0.2, -0.15) is 0 Å². The van der Waals surface area contributed by atoms with Gasteiger partial charge in [0.1, 0.15) is 0 Å². The minimum absolute atomic E-state index is 0.0113. The predicted molar refractivity (Wildman–Crippen MR) is 87.3 cm³/mol. The third kappa shape index (κ3) is 3.23. The molecule has 3 rings (SSSR count). The molecule has 1 aliphatic carbocycles. The van der Waals surface area contributed by atoms with E-state index in [0.29, 0.717) is 22.3 Å². The first-order valence-corrected chi connectivity index (χ1v) is 8.36. The molecule has 1 saturated heterocycles. The largest absolute Gasteiger partial charge is 0.353 e. The summed E-state index contributed by atoms with van der Waals surface area (Å²) in [5, 5.41) is 3.93. The molecule has 0 bridgehead atoms. The van der Waals surface area contributed by atoms with Crippen molar-refractivity contribution in [3.63, 3.8) is 0 Å². The zero-order valence-corrected chi connectivity index (χ0v) is 13.7. The fraction of sp³-hybridized carbons (Fsp3) is 0.500. The SMILES string of the molecule is O=C(NC1CCCC1)C1CC(=O)N(c2ccc(Cl)c(Cl)c2)C1. The van der Waals surface area contributed by atoms with Gasteiger partial charge in [-0.3, -0.25) is 9.59 Å². The van der Waals surface area contributed by atoms with Crippen LogP contribution in [0.4, 0.5) is 5.69 Å². The molecule has 1 aromatic carbocycles. The van der Waals surface area contributed by atoms with Crippen LogP contribution in [0.2, 0.25) is 10.0 Å². The highest BCUT2D eigenvalue weighted by Gasteiger charge is 2.36. The Morgan fingerprint density at radius 1 is 1.18 bits per heavy atom. The van der Waals surface area contributed by atoms with Gasteiger partial charge in [0.05, 0.1) is 16.0 Å². The van der Waals surface area contributed by atoms with Crippen molar-refractivity contribution in [2.24, 2.45) is 5.92 Å². The molecule has 1 N–H and O–H groups in total. The minimum Gasteiger partial charge on any atom is -0.353 e. The lowest BCUT2D eigenvalue weighted by molar-refractivity contribution is -0.126.